The molecule has 0 N–H and O–H groups in total. The molecule has 3 aromatic carbocycles. The van der Waals surface area contributed by atoms with Crippen molar-refractivity contribution in [1.82, 2.24) is 4.90 Å². The average molecular weight is 493 g/mol. The van der Waals surface area contributed by atoms with Crippen LogP contribution >= 0.6 is 27.7 Å². The summed E-state index contributed by atoms with van der Waals surface area (Å²) in [6.45, 7) is 1.00. The molecule has 0 unspecified atom stereocenters. The largest absolute Gasteiger partial charge is 0.496 e. The predicted molar refractivity (Wildman–Crippen MR) is 131 cm³/mol. The molecule has 0 aromatic heterocycles. The molecule has 1 fully saturated rings. The van der Waals surface area contributed by atoms with Crippen LogP contribution in [-0.2, 0) is 17.9 Å². The Morgan fingerprint density at radius 3 is 2.35 bits per heavy atom. The highest BCUT2D eigenvalue weighted by Gasteiger charge is 2.33. The highest BCUT2D eigenvalue weighted by Crippen LogP contribution is 2.36. The average Bonchev–Trinajstić information content (AvgIpc) is 3.08. The van der Waals surface area contributed by atoms with E-state index < -0.39 is 0 Å². The third kappa shape index (κ3) is 5.27. The number of carbonyl (C=O) groups is 1. The number of nitrogens with zero attached hydrogens (tertiary/aromatic N) is 2. The minimum absolute atomic E-state index is 0.0531. The van der Waals surface area contributed by atoms with E-state index in [9.17, 15) is 4.79 Å². The van der Waals surface area contributed by atoms with Crippen molar-refractivity contribution in [3.8, 4) is 5.75 Å². The van der Waals surface area contributed by atoms with E-state index in [2.05, 4.69) is 15.9 Å². The summed E-state index contributed by atoms with van der Waals surface area (Å²) >= 11 is 4.90. The Bertz CT molecular complexity index is 1130. The number of aliphatic imine (C=N–C) groups is 1. The van der Waals surface area contributed by atoms with Crippen LogP contribution in [-0.4, -0.2) is 23.1 Å². The van der Waals surface area contributed by atoms with Crippen molar-refractivity contribution >= 4 is 44.8 Å². The van der Waals surface area contributed by atoms with Gasteiger partial charge in [-0.1, -0.05) is 76.6 Å². The number of thioether (sulfide) groups is 1. The normalized spacial score (nSPS) is 16.3. The molecule has 1 aliphatic heterocycles. The van der Waals surface area contributed by atoms with Crippen molar-refractivity contribution in [2.75, 3.05) is 7.11 Å². The lowest BCUT2D eigenvalue weighted by Gasteiger charge is -2.15. The number of hydrogen-bond donors (Lipinski definition) is 0. The fourth-order valence-corrected chi connectivity index (χ4v) is 4.58. The quantitative estimate of drug-likeness (QED) is 0.388. The van der Waals surface area contributed by atoms with Crippen LogP contribution in [0.25, 0.3) is 6.08 Å². The number of carbonyl (C=O) groups excluding carboxylic acids is 1. The molecule has 0 radical (unpaired) electrons. The van der Waals surface area contributed by atoms with Gasteiger partial charge in [-0.15, -0.1) is 0 Å². The van der Waals surface area contributed by atoms with E-state index in [1.807, 2.05) is 84.9 Å². The molecule has 1 heterocycles. The second-order valence-electron chi connectivity index (χ2n) is 6.96. The van der Waals surface area contributed by atoms with Crippen molar-refractivity contribution in [1.29, 1.82) is 0 Å². The SMILES string of the molecule is COc1ccc(Br)cc1/C=C1\SC(=NCc2ccccc2)N(Cc2ccccc2)C1=O. The van der Waals surface area contributed by atoms with Crippen molar-refractivity contribution in [2.45, 2.75) is 13.1 Å². The zero-order chi connectivity index (χ0) is 21.6. The molecule has 0 saturated carbocycles. The summed E-state index contributed by atoms with van der Waals surface area (Å²) in [6.07, 6.45) is 1.87. The molecule has 3 aromatic rings. The molecule has 4 rings (SSSR count). The van der Waals surface area contributed by atoms with Crippen molar-refractivity contribution < 1.29 is 9.53 Å². The first kappa shape index (κ1) is 21.4. The molecular weight excluding hydrogens is 472 g/mol. The number of rotatable bonds is 6. The Labute approximate surface area is 194 Å². The fraction of sp³-hybridized carbons (Fsp3) is 0.120. The summed E-state index contributed by atoms with van der Waals surface area (Å²) < 4.78 is 6.40. The summed E-state index contributed by atoms with van der Waals surface area (Å²) in [5.74, 6) is 0.663. The zero-order valence-electron chi connectivity index (χ0n) is 17.0. The van der Waals surface area contributed by atoms with Crippen molar-refractivity contribution in [2.24, 2.45) is 4.99 Å². The van der Waals surface area contributed by atoms with E-state index in [4.69, 9.17) is 9.73 Å². The van der Waals surface area contributed by atoms with Gasteiger partial charge in [0.1, 0.15) is 5.75 Å². The zero-order valence-corrected chi connectivity index (χ0v) is 19.4. The van der Waals surface area contributed by atoms with Crippen LogP contribution in [0.5, 0.6) is 5.75 Å². The number of amides is 1. The van der Waals surface area contributed by atoms with Crippen molar-refractivity contribution in [3.05, 3.63) is 105 Å². The number of methoxy groups -OCH3 is 1. The van der Waals surface area contributed by atoms with Gasteiger partial charge in [-0.05, 0) is 47.2 Å². The lowest BCUT2D eigenvalue weighted by Crippen LogP contribution is -2.28. The van der Waals surface area contributed by atoms with Crippen LogP contribution < -0.4 is 4.74 Å². The second kappa shape index (κ2) is 9.98. The van der Waals surface area contributed by atoms with Gasteiger partial charge in [0.2, 0.25) is 0 Å². The van der Waals surface area contributed by atoms with Gasteiger partial charge >= 0.3 is 0 Å². The molecule has 0 atom stereocenters. The van der Waals surface area contributed by atoms with E-state index in [0.29, 0.717) is 28.9 Å². The van der Waals surface area contributed by atoms with Gasteiger partial charge in [-0.25, -0.2) is 0 Å². The standard InChI is InChI=1S/C25H21BrN2O2S/c1-30-22-13-12-21(26)14-20(22)15-23-24(29)28(17-19-10-6-3-7-11-19)25(31-23)27-16-18-8-4-2-5-9-18/h2-15H,16-17H2,1H3/b23-15-,27-25?. The molecule has 31 heavy (non-hydrogen) atoms. The molecule has 1 amide bonds. The summed E-state index contributed by atoms with van der Waals surface area (Å²) in [6, 6.07) is 25.8. The molecule has 0 bridgehead atoms. The molecule has 1 saturated heterocycles. The number of hydrogen-bond acceptors (Lipinski definition) is 4. The highest BCUT2D eigenvalue weighted by atomic mass is 79.9. The van der Waals surface area contributed by atoms with Crippen LogP contribution in [0.15, 0.2) is 93.2 Å². The van der Waals surface area contributed by atoms with Gasteiger partial charge in [-0.3, -0.25) is 14.7 Å². The molecule has 156 valence electrons. The first-order valence-electron chi connectivity index (χ1n) is 9.81. The van der Waals surface area contributed by atoms with E-state index >= 15 is 0 Å². The summed E-state index contributed by atoms with van der Waals surface area (Å²) in [5.41, 5.74) is 3.01. The van der Waals surface area contributed by atoms with Gasteiger partial charge in [0.25, 0.3) is 5.91 Å². The van der Waals surface area contributed by atoms with Gasteiger partial charge in [0.05, 0.1) is 25.1 Å². The summed E-state index contributed by atoms with van der Waals surface area (Å²) in [4.78, 5) is 20.5. The number of benzene rings is 3. The van der Waals surface area contributed by atoms with Gasteiger partial charge in [0, 0.05) is 10.0 Å². The van der Waals surface area contributed by atoms with Crippen molar-refractivity contribution in [3.63, 3.8) is 0 Å². The number of ether oxygens (including phenoxy) is 1. The third-order valence-corrected chi connectivity index (χ3v) is 6.33. The Balaban J connectivity index is 1.67. The summed E-state index contributed by atoms with van der Waals surface area (Å²) in [5, 5.41) is 0.706. The maximum absolute atomic E-state index is 13.3. The highest BCUT2D eigenvalue weighted by molar-refractivity contribution is 9.10. The van der Waals surface area contributed by atoms with Gasteiger partial charge < -0.3 is 4.74 Å². The lowest BCUT2D eigenvalue weighted by atomic mass is 10.1. The Morgan fingerprint density at radius 2 is 1.68 bits per heavy atom. The first-order chi connectivity index (χ1) is 15.1. The summed E-state index contributed by atoms with van der Waals surface area (Å²) in [7, 11) is 1.63. The third-order valence-electron chi connectivity index (χ3n) is 4.79. The maximum atomic E-state index is 13.3. The van der Waals surface area contributed by atoms with E-state index in [1.165, 1.54) is 11.8 Å². The van der Waals surface area contributed by atoms with E-state index in [0.717, 1.165) is 21.2 Å². The lowest BCUT2D eigenvalue weighted by molar-refractivity contribution is -0.122. The van der Waals surface area contributed by atoms with Crippen LogP contribution in [0.1, 0.15) is 16.7 Å². The minimum atomic E-state index is -0.0531. The smallest absolute Gasteiger partial charge is 0.267 e. The molecule has 6 heteroatoms. The Morgan fingerprint density at radius 1 is 1.00 bits per heavy atom. The maximum Gasteiger partial charge on any atom is 0.267 e. The molecule has 4 nitrogen and oxygen atoms in total. The van der Waals surface area contributed by atoms with Crippen LogP contribution in [0.2, 0.25) is 0 Å². The van der Waals surface area contributed by atoms with E-state index in [1.54, 1.807) is 12.0 Å². The molecular formula is C25H21BrN2O2S. The minimum Gasteiger partial charge on any atom is -0.496 e. The molecule has 0 aliphatic carbocycles. The van der Waals surface area contributed by atoms with Crippen LogP contribution in [0.4, 0.5) is 0 Å². The van der Waals surface area contributed by atoms with Gasteiger partial charge in [-0.2, -0.15) is 0 Å². The monoisotopic (exact) mass is 492 g/mol. The number of halogens is 1. The second-order valence-corrected chi connectivity index (χ2v) is 8.88. The predicted octanol–water partition coefficient (Wildman–Crippen LogP) is 6.13. The van der Waals surface area contributed by atoms with Crippen LogP contribution in [0.3, 0.4) is 0 Å². The fourth-order valence-electron chi connectivity index (χ4n) is 3.23. The molecule has 0 spiro atoms. The van der Waals surface area contributed by atoms with E-state index in [-0.39, 0.29) is 5.91 Å². The molecule has 1 aliphatic rings. The number of amidine groups is 1. The van der Waals surface area contributed by atoms with Gasteiger partial charge in [0.15, 0.2) is 5.17 Å². The Kier molecular flexibility index (Phi) is 6.89. The Hall–Kier alpha value is -2.83. The topological polar surface area (TPSA) is 41.9 Å². The first-order valence-corrected chi connectivity index (χ1v) is 11.4. The van der Waals surface area contributed by atoms with Crippen LogP contribution in [0, 0.1) is 0 Å².